The number of likely N-dealkylation sites (tertiary alicyclic amines) is 1. The van der Waals surface area contributed by atoms with Crippen LogP contribution in [0.25, 0.3) is 0 Å². The molecule has 3 atom stereocenters. The van der Waals surface area contributed by atoms with E-state index in [1.54, 1.807) is 14.0 Å². The minimum atomic E-state index is -0.839. The number of carboxylic acids is 1. The summed E-state index contributed by atoms with van der Waals surface area (Å²) in [5.41, 5.74) is -0.839. The van der Waals surface area contributed by atoms with Gasteiger partial charge in [-0.25, -0.2) is 0 Å². The smallest absolute Gasteiger partial charge is 0.326 e. The van der Waals surface area contributed by atoms with E-state index in [4.69, 9.17) is 4.74 Å². The Bertz CT molecular complexity index is 269. The molecular weight excluding hydrogens is 194 g/mol. The second kappa shape index (κ2) is 3.76. The maximum absolute atomic E-state index is 11.4. The van der Waals surface area contributed by atoms with Crippen molar-refractivity contribution in [1.29, 1.82) is 0 Å². The Morgan fingerprint density at radius 3 is 2.73 bits per heavy atom. The molecule has 1 N–H and O–H groups in total. The van der Waals surface area contributed by atoms with Crippen molar-refractivity contribution < 1.29 is 14.6 Å². The van der Waals surface area contributed by atoms with Crippen molar-refractivity contribution in [1.82, 2.24) is 4.90 Å². The third-order valence-corrected chi connectivity index (χ3v) is 3.93. The van der Waals surface area contributed by atoms with E-state index in [2.05, 4.69) is 4.90 Å². The van der Waals surface area contributed by atoms with Gasteiger partial charge in [-0.3, -0.25) is 9.69 Å². The number of fused-ring (bicyclic) bond motifs is 2. The Kier molecular flexibility index (Phi) is 2.73. The Morgan fingerprint density at radius 2 is 2.33 bits per heavy atom. The number of carbonyl (C=O) groups is 1. The molecule has 1 heterocycles. The Balaban J connectivity index is 2.15. The van der Waals surface area contributed by atoms with Gasteiger partial charge >= 0.3 is 5.97 Å². The van der Waals surface area contributed by atoms with Crippen molar-refractivity contribution in [3.63, 3.8) is 0 Å². The highest BCUT2D eigenvalue weighted by atomic mass is 16.5. The number of aliphatic carboxylic acids is 1. The molecule has 1 aliphatic heterocycles. The normalized spacial score (nSPS) is 34.3. The minimum Gasteiger partial charge on any atom is -0.480 e. The zero-order valence-electron chi connectivity index (χ0n) is 9.40. The summed E-state index contributed by atoms with van der Waals surface area (Å²) in [6, 6.07) is 0.464. The van der Waals surface area contributed by atoms with Crippen LogP contribution in [0.2, 0.25) is 0 Å². The summed E-state index contributed by atoms with van der Waals surface area (Å²) in [4.78, 5) is 13.5. The number of piperidine rings is 1. The Hall–Kier alpha value is -0.610. The molecule has 1 saturated heterocycles. The number of hydrogen-bond acceptors (Lipinski definition) is 3. The third kappa shape index (κ3) is 1.66. The van der Waals surface area contributed by atoms with Crippen LogP contribution in [-0.4, -0.2) is 47.8 Å². The quantitative estimate of drug-likeness (QED) is 0.755. The number of ether oxygens (including phenoxy) is 1. The van der Waals surface area contributed by atoms with Crippen molar-refractivity contribution in [2.24, 2.45) is 5.92 Å². The van der Waals surface area contributed by atoms with Crippen LogP contribution in [0.3, 0.4) is 0 Å². The lowest BCUT2D eigenvalue weighted by molar-refractivity contribution is -0.155. The van der Waals surface area contributed by atoms with Crippen molar-refractivity contribution in [3.05, 3.63) is 0 Å². The average Bonchev–Trinajstić information content (AvgIpc) is 2.78. The third-order valence-electron chi connectivity index (χ3n) is 3.93. The SMILES string of the molecule is COCC(C)(C(=O)O)N1CC2CCC1C2. The van der Waals surface area contributed by atoms with Gasteiger partial charge in [-0.15, -0.1) is 0 Å². The van der Waals surface area contributed by atoms with Crippen molar-refractivity contribution in [3.8, 4) is 0 Å². The zero-order valence-corrected chi connectivity index (χ0v) is 9.40. The highest BCUT2D eigenvalue weighted by Crippen LogP contribution is 2.41. The van der Waals surface area contributed by atoms with Gasteiger partial charge in [0, 0.05) is 19.7 Å². The lowest BCUT2D eigenvalue weighted by Crippen LogP contribution is -2.58. The summed E-state index contributed by atoms with van der Waals surface area (Å²) in [6.45, 7) is 2.97. The molecule has 2 fully saturated rings. The average molecular weight is 213 g/mol. The van der Waals surface area contributed by atoms with Gasteiger partial charge in [-0.2, -0.15) is 0 Å². The topological polar surface area (TPSA) is 49.8 Å². The molecule has 0 amide bonds. The van der Waals surface area contributed by atoms with Gasteiger partial charge < -0.3 is 9.84 Å². The molecule has 1 aliphatic carbocycles. The number of nitrogens with zero attached hydrogens (tertiary/aromatic N) is 1. The van der Waals surface area contributed by atoms with Crippen LogP contribution < -0.4 is 0 Å². The van der Waals surface area contributed by atoms with E-state index in [-0.39, 0.29) is 6.61 Å². The predicted octanol–water partition coefficient (Wildman–Crippen LogP) is 0.960. The van der Waals surface area contributed by atoms with Crippen LogP contribution in [0.4, 0.5) is 0 Å². The minimum absolute atomic E-state index is 0.269. The molecule has 2 bridgehead atoms. The van der Waals surface area contributed by atoms with E-state index in [0.29, 0.717) is 12.0 Å². The molecule has 4 nitrogen and oxygen atoms in total. The first-order chi connectivity index (χ1) is 7.08. The van der Waals surface area contributed by atoms with Gasteiger partial charge in [-0.05, 0) is 32.1 Å². The van der Waals surface area contributed by atoms with Crippen molar-refractivity contribution in [2.75, 3.05) is 20.3 Å². The molecular formula is C11H19NO3. The van der Waals surface area contributed by atoms with E-state index in [1.165, 1.54) is 12.8 Å². The fourth-order valence-corrected chi connectivity index (χ4v) is 3.08. The van der Waals surface area contributed by atoms with Gasteiger partial charge in [0.15, 0.2) is 0 Å². The van der Waals surface area contributed by atoms with Crippen LogP contribution in [0.5, 0.6) is 0 Å². The molecule has 4 heteroatoms. The molecule has 0 aromatic rings. The van der Waals surface area contributed by atoms with E-state index < -0.39 is 11.5 Å². The zero-order chi connectivity index (χ0) is 11.1. The Labute approximate surface area is 90.2 Å². The van der Waals surface area contributed by atoms with E-state index in [1.807, 2.05) is 0 Å². The fraction of sp³-hybridized carbons (Fsp3) is 0.909. The number of methoxy groups -OCH3 is 1. The molecule has 0 spiro atoms. The van der Waals surface area contributed by atoms with Gasteiger partial charge in [0.05, 0.1) is 6.61 Å². The van der Waals surface area contributed by atoms with Gasteiger partial charge in [-0.1, -0.05) is 0 Å². The molecule has 15 heavy (non-hydrogen) atoms. The number of rotatable bonds is 4. The maximum Gasteiger partial charge on any atom is 0.326 e. The number of hydrogen-bond donors (Lipinski definition) is 1. The lowest BCUT2D eigenvalue weighted by Gasteiger charge is -2.40. The maximum atomic E-state index is 11.4. The Morgan fingerprint density at radius 1 is 1.60 bits per heavy atom. The van der Waals surface area contributed by atoms with Gasteiger partial charge in [0.1, 0.15) is 5.54 Å². The first-order valence-electron chi connectivity index (χ1n) is 5.57. The highest BCUT2D eigenvalue weighted by molar-refractivity contribution is 5.78. The molecule has 0 radical (unpaired) electrons. The molecule has 2 aliphatic rings. The van der Waals surface area contributed by atoms with Crippen LogP contribution in [-0.2, 0) is 9.53 Å². The molecule has 86 valence electrons. The second-order valence-corrected chi connectivity index (χ2v) is 5.00. The molecule has 2 rings (SSSR count). The standard InChI is InChI=1S/C11H19NO3/c1-11(7-15-2,10(13)14)12-6-8-3-4-9(12)5-8/h8-9H,3-7H2,1-2H3,(H,13,14). The summed E-state index contributed by atoms with van der Waals surface area (Å²) >= 11 is 0. The van der Waals surface area contributed by atoms with Crippen molar-refractivity contribution in [2.45, 2.75) is 37.8 Å². The molecule has 0 aromatic heterocycles. The van der Waals surface area contributed by atoms with Crippen molar-refractivity contribution >= 4 is 5.97 Å². The van der Waals surface area contributed by atoms with Gasteiger partial charge in [0.2, 0.25) is 0 Å². The van der Waals surface area contributed by atoms with E-state index in [0.717, 1.165) is 13.0 Å². The summed E-state index contributed by atoms with van der Waals surface area (Å²) < 4.78 is 5.07. The highest BCUT2D eigenvalue weighted by Gasteiger charge is 2.50. The lowest BCUT2D eigenvalue weighted by atomic mass is 9.97. The molecule has 0 aromatic carbocycles. The van der Waals surface area contributed by atoms with Crippen LogP contribution in [0, 0.1) is 5.92 Å². The molecule has 1 saturated carbocycles. The first-order valence-corrected chi connectivity index (χ1v) is 5.57. The summed E-state index contributed by atoms with van der Waals surface area (Å²) in [6.07, 6.45) is 3.59. The summed E-state index contributed by atoms with van der Waals surface area (Å²) in [7, 11) is 1.56. The van der Waals surface area contributed by atoms with Gasteiger partial charge in [0.25, 0.3) is 0 Å². The summed E-state index contributed by atoms with van der Waals surface area (Å²) in [5.74, 6) is -0.0533. The van der Waals surface area contributed by atoms with Crippen LogP contribution in [0.1, 0.15) is 26.2 Å². The second-order valence-electron chi connectivity index (χ2n) is 5.00. The first kappa shape index (κ1) is 10.9. The predicted molar refractivity (Wildman–Crippen MR) is 55.8 cm³/mol. The number of carboxylic acid groups (broad SMARTS) is 1. The van der Waals surface area contributed by atoms with E-state index >= 15 is 0 Å². The largest absolute Gasteiger partial charge is 0.480 e. The van der Waals surface area contributed by atoms with Crippen LogP contribution in [0.15, 0.2) is 0 Å². The van der Waals surface area contributed by atoms with Crippen LogP contribution >= 0.6 is 0 Å². The monoisotopic (exact) mass is 213 g/mol. The molecule has 3 unspecified atom stereocenters. The van der Waals surface area contributed by atoms with E-state index in [9.17, 15) is 9.90 Å². The fourth-order valence-electron chi connectivity index (χ4n) is 3.08. The summed E-state index contributed by atoms with van der Waals surface area (Å²) in [5, 5.41) is 9.33.